The Hall–Kier alpha value is -2.47. The third-order valence-corrected chi connectivity index (χ3v) is 3.82. The van der Waals surface area contributed by atoms with E-state index < -0.39 is 0 Å². The summed E-state index contributed by atoms with van der Waals surface area (Å²) in [5.41, 5.74) is 2.06. The van der Waals surface area contributed by atoms with Crippen LogP contribution in [0.4, 0.5) is 0 Å². The van der Waals surface area contributed by atoms with Gasteiger partial charge in [-0.3, -0.25) is 9.48 Å². The van der Waals surface area contributed by atoms with Crippen molar-refractivity contribution < 1.29 is 4.79 Å². The van der Waals surface area contributed by atoms with Crippen LogP contribution in [0.15, 0.2) is 53.9 Å². The Labute approximate surface area is 135 Å². The van der Waals surface area contributed by atoms with Gasteiger partial charge in [-0.1, -0.05) is 30.3 Å². The molecular weight excluding hydrogens is 290 g/mol. The normalized spacial score (nSPS) is 15.5. The summed E-state index contributed by atoms with van der Waals surface area (Å²) in [6, 6.07) is 12.1. The van der Waals surface area contributed by atoms with Gasteiger partial charge in [0.05, 0.1) is 25.3 Å². The number of aromatic nitrogens is 2. The second kappa shape index (κ2) is 7.19. The summed E-state index contributed by atoms with van der Waals surface area (Å²) < 4.78 is 1.85. The lowest BCUT2D eigenvalue weighted by Gasteiger charge is -2.16. The van der Waals surface area contributed by atoms with E-state index in [2.05, 4.69) is 15.5 Å². The van der Waals surface area contributed by atoms with Crippen LogP contribution in [0.2, 0.25) is 0 Å². The Morgan fingerprint density at radius 2 is 2.13 bits per heavy atom. The first-order chi connectivity index (χ1) is 11.2. The van der Waals surface area contributed by atoms with E-state index in [1.165, 1.54) is 0 Å². The average Bonchev–Trinajstić information content (AvgIpc) is 3.25. The molecule has 1 aromatic heterocycles. The molecule has 0 fully saturated rings. The fraction of sp³-hybridized carbons (Fsp3) is 0.353. The van der Waals surface area contributed by atoms with Crippen molar-refractivity contribution in [3.8, 4) is 0 Å². The molecule has 23 heavy (non-hydrogen) atoms. The third kappa shape index (κ3) is 4.04. The van der Waals surface area contributed by atoms with Gasteiger partial charge >= 0.3 is 0 Å². The first-order valence-electron chi connectivity index (χ1n) is 7.86. The van der Waals surface area contributed by atoms with Crippen LogP contribution in [0, 0.1) is 0 Å². The number of benzene rings is 1. The van der Waals surface area contributed by atoms with Gasteiger partial charge in [0.15, 0.2) is 0 Å². The molecule has 1 aliphatic rings. The number of hydrogen-bond acceptors (Lipinski definition) is 4. The summed E-state index contributed by atoms with van der Waals surface area (Å²) in [5.74, 6) is 0.00301. The van der Waals surface area contributed by atoms with Crippen molar-refractivity contribution >= 4 is 11.6 Å². The van der Waals surface area contributed by atoms with E-state index in [9.17, 15) is 4.79 Å². The maximum Gasteiger partial charge on any atom is 0.256 e. The second-order valence-corrected chi connectivity index (χ2v) is 5.69. The molecule has 0 aliphatic carbocycles. The van der Waals surface area contributed by atoms with Gasteiger partial charge in [-0.2, -0.15) is 10.2 Å². The van der Waals surface area contributed by atoms with Crippen molar-refractivity contribution in [2.24, 2.45) is 5.10 Å². The van der Waals surface area contributed by atoms with Gasteiger partial charge in [-0.25, -0.2) is 5.01 Å². The highest BCUT2D eigenvalue weighted by atomic mass is 16.2. The minimum Gasteiger partial charge on any atom is -0.304 e. The molecular formula is C17H21N5O. The molecule has 2 aromatic rings. The van der Waals surface area contributed by atoms with Crippen LogP contribution in [0.1, 0.15) is 18.9 Å². The molecule has 2 heterocycles. The lowest BCUT2D eigenvalue weighted by atomic mass is 10.1. The van der Waals surface area contributed by atoms with Gasteiger partial charge in [0.2, 0.25) is 0 Å². The Morgan fingerprint density at radius 1 is 1.30 bits per heavy atom. The van der Waals surface area contributed by atoms with Crippen LogP contribution in [0.25, 0.3) is 0 Å². The van der Waals surface area contributed by atoms with Gasteiger partial charge in [-0.15, -0.1) is 0 Å². The fourth-order valence-electron chi connectivity index (χ4n) is 2.58. The highest BCUT2D eigenvalue weighted by Crippen LogP contribution is 2.13. The number of hydrogen-bond donors (Lipinski definition) is 1. The standard InChI is InChI=1S/C17H21N5O/c1-14(13-21-10-5-9-19-21)18-12-17(23)22-11-8-16(20-22)15-6-3-2-4-7-15/h2-7,9-10,14,18H,8,11-13H2,1H3. The van der Waals surface area contributed by atoms with E-state index in [0.29, 0.717) is 6.54 Å². The van der Waals surface area contributed by atoms with E-state index in [-0.39, 0.29) is 18.5 Å². The van der Waals surface area contributed by atoms with Gasteiger partial charge in [0.25, 0.3) is 5.91 Å². The number of hydrazone groups is 1. The molecule has 6 heteroatoms. The van der Waals surface area contributed by atoms with E-state index in [0.717, 1.165) is 24.2 Å². The lowest BCUT2D eigenvalue weighted by Crippen LogP contribution is -2.39. The van der Waals surface area contributed by atoms with Gasteiger partial charge in [0.1, 0.15) is 0 Å². The number of nitrogens with one attached hydrogen (secondary N) is 1. The summed E-state index contributed by atoms with van der Waals surface area (Å²) in [7, 11) is 0. The van der Waals surface area contributed by atoms with E-state index in [1.807, 2.05) is 54.2 Å². The second-order valence-electron chi connectivity index (χ2n) is 5.69. The molecule has 0 bridgehead atoms. The Morgan fingerprint density at radius 3 is 2.87 bits per heavy atom. The van der Waals surface area contributed by atoms with Crippen molar-refractivity contribution in [1.82, 2.24) is 20.1 Å². The predicted octanol–water partition coefficient (Wildman–Crippen LogP) is 1.50. The Bertz CT molecular complexity index is 666. The summed E-state index contributed by atoms with van der Waals surface area (Å²) in [6.07, 6.45) is 4.47. The van der Waals surface area contributed by atoms with E-state index in [4.69, 9.17) is 0 Å². The molecule has 1 aliphatic heterocycles. The van der Waals surface area contributed by atoms with E-state index >= 15 is 0 Å². The van der Waals surface area contributed by atoms with Crippen molar-refractivity contribution in [2.75, 3.05) is 13.1 Å². The minimum absolute atomic E-state index is 0.00301. The minimum atomic E-state index is 0.00301. The number of carbonyl (C=O) groups is 1. The van der Waals surface area contributed by atoms with Crippen molar-refractivity contribution in [3.05, 3.63) is 54.4 Å². The molecule has 1 atom stereocenters. The SMILES string of the molecule is CC(Cn1cccn1)NCC(=O)N1CCC(c2ccccc2)=N1. The monoisotopic (exact) mass is 311 g/mol. The van der Waals surface area contributed by atoms with Crippen molar-refractivity contribution in [1.29, 1.82) is 0 Å². The zero-order valence-corrected chi connectivity index (χ0v) is 13.2. The number of rotatable bonds is 6. The molecule has 120 valence electrons. The van der Waals surface area contributed by atoms with Crippen LogP contribution < -0.4 is 5.32 Å². The van der Waals surface area contributed by atoms with Crippen molar-refractivity contribution in [3.63, 3.8) is 0 Å². The molecule has 1 N–H and O–H groups in total. The fourth-order valence-corrected chi connectivity index (χ4v) is 2.58. The zero-order valence-electron chi connectivity index (χ0n) is 13.2. The molecule has 0 spiro atoms. The Balaban J connectivity index is 1.50. The molecule has 1 aromatic carbocycles. The summed E-state index contributed by atoms with van der Waals surface area (Å²) in [5, 5.41) is 13.4. The molecule has 0 saturated carbocycles. The Kier molecular flexibility index (Phi) is 4.83. The zero-order chi connectivity index (χ0) is 16.1. The predicted molar refractivity (Wildman–Crippen MR) is 89.0 cm³/mol. The summed E-state index contributed by atoms with van der Waals surface area (Å²) in [6.45, 7) is 3.71. The molecule has 1 amide bonds. The molecule has 0 saturated heterocycles. The first-order valence-corrected chi connectivity index (χ1v) is 7.86. The van der Waals surface area contributed by atoms with Crippen LogP contribution in [0.5, 0.6) is 0 Å². The highest BCUT2D eigenvalue weighted by Gasteiger charge is 2.21. The topological polar surface area (TPSA) is 62.5 Å². The maximum absolute atomic E-state index is 12.3. The summed E-state index contributed by atoms with van der Waals surface area (Å²) in [4.78, 5) is 12.3. The average molecular weight is 311 g/mol. The number of nitrogens with zero attached hydrogens (tertiary/aromatic N) is 4. The molecule has 6 nitrogen and oxygen atoms in total. The summed E-state index contributed by atoms with van der Waals surface area (Å²) >= 11 is 0. The number of carbonyl (C=O) groups excluding carboxylic acids is 1. The maximum atomic E-state index is 12.3. The van der Waals surface area contributed by atoms with Gasteiger partial charge in [-0.05, 0) is 18.6 Å². The molecule has 3 rings (SSSR count). The van der Waals surface area contributed by atoms with Crippen LogP contribution in [-0.2, 0) is 11.3 Å². The van der Waals surface area contributed by atoms with Crippen LogP contribution in [0.3, 0.4) is 0 Å². The van der Waals surface area contributed by atoms with E-state index in [1.54, 1.807) is 11.2 Å². The van der Waals surface area contributed by atoms with Gasteiger partial charge in [0, 0.05) is 24.9 Å². The molecule has 0 radical (unpaired) electrons. The highest BCUT2D eigenvalue weighted by molar-refractivity contribution is 6.02. The van der Waals surface area contributed by atoms with Gasteiger partial charge < -0.3 is 5.32 Å². The quantitative estimate of drug-likeness (QED) is 0.879. The first kappa shape index (κ1) is 15.4. The molecule has 1 unspecified atom stereocenters. The number of amides is 1. The third-order valence-electron chi connectivity index (χ3n) is 3.82. The van der Waals surface area contributed by atoms with Crippen LogP contribution in [-0.4, -0.2) is 45.5 Å². The smallest absolute Gasteiger partial charge is 0.256 e. The van der Waals surface area contributed by atoms with Crippen LogP contribution >= 0.6 is 0 Å². The lowest BCUT2D eigenvalue weighted by molar-refractivity contribution is -0.129. The largest absolute Gasteiger partial charge is 0.304 e. The van der Waals surface area contributed by atoms with Crippen molar-refractivity contribution in [2.45, 2.75) is 25.9 Å².